The molecule has 20 heavy (non-hydrogen) atoms. The Bertz CT molecular complexity index is 606. The van der Waals surface area contributed by atoms with Crippen molar-refractivity contribution < 1.29 is 5.11 Å². The fourth-order valence-electron chi connectivity index (χ4n) is 1.80. The van der Waals surface area contributed by atoms with Crippen molar-refractivity contribution in [2.24, 2.45) is 0 Å². The highest BCUT2D eigenvalue weighted by molar-refractivity contribution is 9.10. The van der Waals surface area contributed by atoms with Crippen LogP contribution in [0.15, 0.2) is 28.1 Å². The molecule has 0 fully saturated rings. The Hall–Kier alpha value is -0.420. The average molecular weight is 375 g/mol. The van der Waals surface area contributed by atoms with E-state index >= 15 is 0 Å². The highest BCUT2D eigenvalue weighted by Gasteiger charge is 2.19. The van der Waals surface area contributed by atoms with Crippen LogP contribution in [0.4, 0.5) is 0 Å². The van der Waals surface area contributed by atoms with E-state index in [1.54, 1.807) is 17.4 Å². The summed E-state index contributed by atoms with van der Waals surface area (Å²) in [5.74, 6) is 0. The van der Waals surface area contributed by atoms with Crippen molar-refractivity contribution in [1.82, 2.24) is 4.98 Å². The first-order chi connectivity index (χ1) is 9.27. The highest BCUT2D eigenvalue weighted by Crippen LogP contribution is 2.30. The second-order valence-electron chi connectivity index (χ2n) is 5.76. The van der Waals surface area contributed by atoms with Crippen LogP contribution in [0.3, 0.4) is 0 Å². The van der Waals surface area contributed by atoms with E-state index in [-0.39, 0.29) is 5.41 Å². The molecule has 108 valence electrons. The number of halogens is 2. The Morgan fingerprint density at radius 2 is 2.10 bits per heavy atom. The average Bonchev–Trinajstić information content (AvgIpc) is 2.76. The Morgan fingerprint density at radius 3 is 2.65 bits per heavy atom. The summed E-state index contributed by atoms with van der Waals surface area (Å²) in [4.78, 5) is 4.60. The van der Waals surface area contributed by atoms with Crippen molar-refractivity contribution in [3.8, 4) is 0 Å². The number of aliphatic hydroxyl groups excluding tert-OH is 1. The number of aromatic nitrogens is 1. The molecule has 0 saturated carbocycles. The predicted octanol–water partition coefficient (Wildman–Crippen LogP) is 5.13. The smallest absolute Gasteiger partial charge is 0.0957 e. The van der Waals surface area contributed by atoms with Gasteiger partial charge in [0.2, 0.25) is 0 Å². The summed E-state index contributed by atoms with van der Waals surface area (Å²) in [7, 11) is 0. The number of rotatable bonds is 3. The first-order valence-corrected chi connectivity index (χ1v) is 8.40. The van der Waals surface area contributed by atoms with Gasteiger partial charge in [-0.3, -0.25) is 0 Å². The fraction of sp³-hybridized carbons (Fsp3) is 0.400. The van der Waals surface area contributed by atoms with Gasteiger partial charge in [-0.1, -0.05) is 54.4 Å². The van der Waals surface area contributed by atoms with Crippen molar-refractivity contribution in [3.63, 3.8) is 0 Å². The van der Waals surface area contributed by atoms with E-state index in [9.17, 15) is 5.11 Å². The van der Waals surface area contributed by atoms with Crippen LogP contribution in [-0.2, 0) is 11.8 Å². The second kappa shape index (κ2) is 6.14. The Morgan fingerprint density at radius 1 is 1.40 bits per heavy atom. The van der Waals surface area contributed by atoms with E-state index in [4.69, 9.17) is 11.6 Å². The lowest BCUT2D eigenvalue weighted by Crippen LogP contribution is -2.12. The molecular weight excluding hydrogens is 358 g/mol. The fourth-order valence-corrected chi connectivity index (χ4v) is 3.65. The van der Waals surface area contributed by atoms with Gasteiger partial charge in [0, 0.05) is 26.7 Å². The summed E-state index contributed by atoms with van der Waals surface area (Å²) in [6.07, 6.45) is -0.142. The molecule has 1 N–H and O–H groups in total. The van der Waals surface area contributed by atoms with Crippen molar-refractivity contribution in [2.45, 2.75) is 38.7 Å². The monoisotopic (exact) mass is 373 g/mol. The van der Waals surface area contributed by atoms with Gasteiger partial charge in [-0.15, -0.1) is 11.3 Å². The maximum atomic E-state index is 10.3. The molecule has 0 amide bonds. The Balaban J connectivity index is 2.15. The molecule has 0 spiro atoms. The number of hydrogen-bond donors (Lipinski definition) is 1. The van der Waals surface area contributed by atoms with Crippen LogP contribution < -0.4 is 0 Å². The number of benzene rings is 1. The van der Waals surface area contributed by atoms with Gasteiger partial charge in [0.1, 0.15) is 0 Å². The maximum absolute atomic E-state index is 10.3. The molecule has 1 atom stereocenters. The van der Waals surface area contributed by atoms with Crippen LogP contribution in [0, 0.1) is 0 Å². The van der Waals surface area contributed by atoms with Gasteiger partial charge in [-0.25, -0.2) is 4.98 Å². The van der Waals surface area contributed by atoms with Crippen LogP contribution in [0.5, 0.6) is 0 Å². The molecule has 5 heteroatoms. The third kappa shape index (κ3) is 3.82. The van der Waals surface area contributed by atoms with Gasteiger partial charge in [-0.05, 0) is 17.7 Å². The van der Waals surface area contributed by atoms with E-state index < -0.39 is 6.10 Å². The zero-order valence-electron chi connectivity index (χ0n) is 11.7. The summed E-state index contributed by atoms with van der Waals surface area (Å²) in [6, 6.07) is 5.52. The minimum absolute atomic E-state index is 0.0367. The number of hydrogen-bond acceptors (Lipinski definition) is 3. The summed E-state index contributed by atoms with van der Waals surface area (Å²) in [6.45, 7) is 6.40. The van der Waals surface area contributed by atoms with E-state index in [0.717, 1.165) is 20.7 Å². The van der Waals surface area contributed by atoms with E-state index in [2.05, 4.69) is 47.1 Å². The van der Waals surface area contributed by atoms with Crippen LogP contribution in [-0.4, -0.2) is 10.1 Å². The van der Waals surface area contributed by atoms with Crippen molar-refractivity contribution in [3.05, 3.63) is 49.3 Å². The lowest BCUT2D eigenvalue weighted by atomic mass is 9.93. The van der Waals surface area contributed by atoms with Gasteiger partial charge < -0.3 is 5.11 Å². The van der Waals surface area contributed by atoms with Gasteiger partial charge in [0.15, 0.2) is 0 Å². The van der Waals surface area contributed by atoms with Crippen LogP contribution in [0.2, 0.25) is 5.02 Å². The van der Waals surface area contributed by atoms with Crippen molar-refractivity contribution >= 4 is 38.9 Å². The lowest BCUT2D eigenvalue weighted by molar-refractivity contribution is 0.178. The predicted molar refractivity (Wildman–Crippen MR) is 88.6 cm³/mol. The molecule has 1 aromatic carbocycles. The quantitative estimate of drug-likeness (QED) is 0.807. The molecule has 0 saturated heterocycles. The molecule has 0 aliphatic rings. The van der Waals surface area contributed by atoms with Crippen molar-refractivity contribution in [1.29, 1.82) is 0 Å². The summed E-state index contributed by atoms with van der Waals surface area (Å²) >= 11 is 11.1. The third-order valence-electron chi connectivity index (χ3n) is 3.01. The Kier molecular flexibility index (Phi) is 4.90. The molecule has 2 aromatic rings. The maximum Gasteiger partial charge on any atom is 0.0957 e. The van der Waals surface area contributed by atoms with Gasteiger partial charge in [0.25, 0.3) is 0 Å². The van der Waals surface area contributed by atoms with Crippen LogP contribution in [0.1, 0.15) is 43.1 Å². The van der Waals surface area contributed by atoms with Crippen LogP contribution in [0.25, 0.3) is 0 Å². The largest absolute Gasteiger partial charge is 0.388 e. The molecule has 1 unspecified atom stereocenters. The zero-order chi connectivity index (χ0) is 14.9. The van der Waals surface area contributed by atoms with E-state index in [1.165, 1.54) is 0 Å². The topological polar surface area (TPSA) is 33.1 Å². The van der Waals surface area contributed by atoms with Gasteiger partial charge >= 0.3 is 0 Å². The SMILES string of the molecule is CC(C)(C)c1csc(CC(O)c2ccc(Br)cc2Cl)n1. The summed E-state index contributed by atoms with van der Waals surface area (Å²) < 4.78 is 0.905. The molecule has 2 rings (SSSR count). The second-order valence-corrected chi connectivity index (χ2v) is 8.03. The minimum atomic E-state index is -0.630. The number of thiazole rings is 1. The third-order valence-corrected chi connectivity index (χ3v) is 4.70. The van der Waals surface area contributed by atoms with E-state index in [1.807, 2.05) is 12.1 Å². The molecule has 0 bridgehead atoms. The molecule has 0 radical (unpaired) electrons. The van der Waals surface area contributed by atoms with Crippen molar-refractivity contribution in [2.75, 3.05) is 0 Å². The standard InChI is InChI=1S/C15H17BrClNOS/c1-15(2,3)13-8-20-14(18-13)7-12(19)10-5-4-9(16)6-11(10)17/h4-6,8,12,19H,7H2,1-3H3. The first kappa shape index (κ1) is 16.0. The highest BCUT2D eigenvalue weighted by atomic mass is 79.9. The first-order valence-electron chi connectivity index (χ1n) is 6.35. The lowest BCUT2D eigenvalue weighted by Gasteiger charge is -2.14. The molecule has 2 nitrogen and oxygen atoms in total. The number of aliphatic hydroxyl groups is 1. The normalized spacial score (nSPS) is 13.5. The Labute approximate surface area is 137 Å². The molecule has 0 aliphatic heterocycles. The zero-order valence-corrected chi connectivity index (χ0v) is 14.8. The molecule has 1 aromatic heterocycles. The van der Waals surface area contributed by atoms with Gasteiger partial charge in [-0.2, -0.15) is 0 Å². The number of nitrogens with zero attached hydrogens (tertiary/aromatic N) is 1. The summed E-state index contributed by atoms with van der Waals surface area (Å²) in [5.41, 5.74) is 1.84. The van der Waals surface area contributed by atoms with E-state index in [0.29, 0.717) is 11.4 Å². The molecular formula is C15H17BrClNOS. The minimum Gasteiger partial charge on any atom is -0.388 e. The molecule has 1 heterocycles. The van der Waals surface area contributed by atoms with Crippen LogP contribution >= 0.6 is 38.9 Å². The van der Waals surface area contributed by atoms with Gasteiger partial charge in [0.05, 0.1) is 16.8 Å². The molecule has 0 aliphatic carbocycles. The summed E-state index contributed by atoms with van der Waals surface area (Å²) in [5, 5.41) is 13.9.